The molecule has 120 valence electrons. The highest BCUT2D eigenvalue weighted by Crippen LogP contribution is 2.01. The second-order valence-electron chi connectivity index (χ2n) is 4.10. The van der Waals surface area contributed by atoms with E-state index in [-0.39, 0.29) is 19.5 Å². The lowest BCUT2D eigenvalue weighted by Crippen LogP contribution is -2.49. The van der Waals surface area contributed by atoms with Gasteiger partial charge in [-0.2, -0.15) is 0 Å². The molecule has 0 bridgehead atoms. The van der Waals surface area contributed by atoms with Crippen LogP contribution in [-0.2, 0) is 14.4 Å². The van der Waals surface area contributed by atoms with Crippen molar-refractivity contribution in [3.63, 3.8) is 0 Å². The molecule has 0 aliphatic carbocycles. The molecule has 0 spiro atoms. The van der Waals surface area contributed by atoms with Gasteiger partial charge < -0.3 is 21.5 Å². The zero-order valence-electron chi connectivity index (χ0n) is 11.3. The first-order valence-electron chi connectivity index (χ1n) is 6.23. The first-order chi connectivity index (χ1) is 9.86. The average Bonchev–Trinajstić information content (AvgIpc) is 2.42. The molecule has 0 aromatic carbocycles. The molecule has 2 amide bonds. The van der Waals surface area contributed by atoms with Crippen LogP contribution >= 0.6 is 0 Å². The van der Waals surface area contributed by atoms with Crippen molar-refractivity contribution < 1.29 is 24.5 Å². The number of nitrogens with two attached hydrogens (primary N) is 1. The molecular formula is C10H19N5O6. The van der Waals surface area contributed by atoms with Crippen molar-refractivity contribution in [2.45, 2.75) is 25.3 Å². The number of aliphatic carboxylic acids is 1. The topological polar surface area (TPSA) is 177 Å². The van der Waals surface area contributed by atoms with E-state index in [1.54, 1.807) is 0 Å². The fourth-order valence-corrected chi connectivity index (χ4v) is 1.45. The van der Waals surface area contributed by atoms with E-state index in [0.717, 1.165) is 0 Å². The van der Waals surface area contributed by atoms with Gasteiger partial charge in [-0.05, 0) is 19.3 Å². The minimum atomic E-state index is -1.21. The third-order valence-electron chi connectivity index (χ3n) is 2.41. The highest BCUT2D eigenvalue weighted by Gasteiger charge is 2.20. The van der Waals surface area contributed by atoms with Gasteiger partial charge in [-0.1, -0.05) is 0 Å². The van der Waals surface area contributed by atoms with E-state index in [1.807, 2.05) is 5.43 Å². The first-order valence-corrected chi connectivity index (χ1v) is 6.23. The summed E-state index contributed by atoms with van der Waals surface area (Å²) in [5.41, 5.74) is 7.11. The fourth-order valence-electron chi connectivity index (χ4n) is 1.45. The molecule has 6 N–H and O–H groups in total. The molecule has 21 heavy (non-hydrogen) atoms. The Labute approximate surface area is 120 Å². The van der Waals surface area contributed by atoms with Gasteiger partial charge in [0.25, 0.3) is 0 Å². The Balaban J connectivity index is 4.25. The number of carboxylic acids is 1. The van der Waals surface area contributed by atoms with Gasteiger partial charge in [0.1, 0.15) is 12.6 Å². The Kier molecular flexibility index (Phi) is 9.17. The normalized spacial score (nSPS) is 11.3. The predicted octanol–water partition coefficient (Wildman–Crippen LogP) is -2.42. The van der Waals surface area contributed by atoms with Crippen LogP contribution in [0.5, 0.6) is 0 Å². The summed E-state index contributed by atoms with van der Waals surface area (Å²) in [7, 11) is 0. The summed E-state index contributed by atoms with van der Waals surface area (Å²) in [6, 6.07) is -0.920. The van der Waals surface area contributed by atoms with Gasteiger partial charge in [-0.3, -0.25) is 14.4 Å². The number of nitrogens with zero attached hydrogens (tertiary/aromatic N) is 1. The van der Waals surface area contributed by atoms with E-state index in [9.17, 15) is 24.5 Å². The SMILES string of the molecule is NCC(=O)N[C@@H](CCCCN[N+](=O)[O-])C(=O)NCC(=O)O. The molecule has 0 aliphatic rings. The molecule has 0 fully saturated rings. The van der Waals surface area contributed by atoms with Crippen molar-refractivity contribution in [3.05, 3.63) is 10.1 Å². The Morgan fingerprint density at radius 3 is 2.48 bits per heavy atom. The van der Waals surface area contributed by atoms with Gasteiger partial charge in [0, 0.05) is 0 Å². The Hall–Kier alpha value is -2.43. The zero-order valence-corrected chi connectivity index (χ0v) is 11.3. The number of carbonyl (C=O) groups is 3. The maximum atomic E-state index is 11.7. The van der Waals surface area contributed by atoms with Crippen LogP contribution < -0.4 is 21.8 Å². The third-order valence-corrected chi connectivity index (χ3v) is 2.41. The molecule has 0 rings (SSSR count). The molecule has 0 saturated heterocycles. The van der Waals surface area contributed by atoms with Crippen LogP contribution in [0.1, 0.15) is 19.3 Å². The summed E-state index contributed by atoms with van der Waals surface area (Å²) in [5.74, 6) is -2.39. The van der Waals surface area contributed by atoms with E-state index in [2.05, 4.69) is 10.6 Å². The van der Waals surface area contributed by atoms with Crippen molar-refractivity contribution in [1.29, 1.82) is 0 Å². The largest absolute Gasteiger partial charge is 0.480 e. The molecule has 0 aliphatic heterocycles. The number of unbranched alkanes of at least 4 members (excludes halogenated alkanes) is 1. The van der Waals surface area contributed by atoms with Crippen LogP contribution in [0.2, 0.25) is 0 Å². The second-order valence-corrected chi connectivity index (χ2v) is 4.10. The quantitative estimate of drug-likeness (QED) is 0.159. The minimum Gasteiger partial charge on any atom is -0.480 e. The van der Waals surface area contributed by atoms with Crippen LogP contribution in [0.25, 0.3) is 0 Å². The molecule has 0 heterocycles. The number of hydrazine groups is 1. The molecule has 0 radical (unpaired) electrons. The van der Waals surface area contributed by atoms with Gasteiger partial charge in [0.2, 0.25) is 11.8 Å². The number of carboxylic acid groups (broad SMARTS) is 1. The van der Waals surface area contributed by atoms with Crippen LogP contribution in [0.15, 0.2) is 0 Å². The van der Waals surface area contributed by atoms with Gasteiger partial charge in [-0.25, -0.2) is 10.1 Å². The number of amides is 2. The summed E-state index contributed by atoms with van der Waals surface area (Å²) in [6.45, 7) is -0.733. The number of hydrogen-bond acceptors (Lipinski definition) is 6. The predicted molar refractivity (Wildman–Crippen MR) is 70.5 cm³/mol. The molecule has 0 aromatic heterocycles. The van der Waals surface area contributed by atoms with E-state index < -0.39 is 35.4 Å². The van der Waals surface area contributed by atoms with Gasteiger partial charge in [-0.15, -0.1) is 5.43 Å². The number of nitrogens with one attached hydrogen (secondary N) is 3. The first kappa shape index (κ1) is 18.6. The summed E-state index contributed by atoms with van der Waals surface area (Å²) in [6.07, 6.45) is 1.07. The van der Waals surface area contributed by atoms with Crippen LogP contribution in [0.3, 0.4) is 0 Å². The van der Waals surface area contributed by atoms with Crippen LogP contribution in [0.4, 0.5) is 0 Å². The van der Waals surface area contributed by atoms with E-state index in [4.69, 9.17) is 10.8 Å². The van der Waals surface area contributed by atoms with Crippen LogP contribution in [0, 0.1) is 10.1 Å². The van der Waals surface area contributed by atoms with Crippen LogP contribution in [-0.4, -0.2) is 53.6 Å². The number of rotatable bonds is 11. The third kappa shape index (κ3) is 10.1. The Morgan fingerprint density at radius 1 is 1.29 bits per heavy atom. The molecule has 11 heteroatoms. The molecule has 0 aromatic rings. The molecule has 11 nitrogen and oxygen atoms in total. The summed E-state index contributed by atoms with van der Waals surface area (Å²) in [5, 5.41) is 22.4. The maximum Gasteiger partial charge on any atom is 0.322 e. The second kappa shape index (κ2) is 10.4. The maximum absolute atomic E-state index is 11.7. The summed E-state index contributed by atoms with van der Waals surface area (Å²) in [4.78, 5) is 43.3. The van der Waals surface area contributed by atoms with E-state index >= 15 is 0 Å². The highest BCUT2D eigenvalue weighted by molar-refractivity contribution is 5.89. The van der Waals surface area contributed by atoms with Gasteiger partial charge >= 0.3 is 5.97 Å². The van der Waals surface area contributed by atoms with E-state index in [0.29, 0.717) is 12.8 Å². The lowest BCUT2D eigenvalue weighted by molar-refractivity contribution is -0.544. The summed E-state index contributed by atoms with van der Waals surface area (Å²) < 4.78 is 0. The van der Waals surface area contributed by atoms with E-state index in [1.165, 1.54) is 0 Å². The molecule has 0 saturated carbocycles. The minimum absolute atomic E-state index is 0.126. The molecular weight excluding hydrogens is 286 g/mol. The highest BCUT2D eigenvalue weighted by atomic mass is 16.7. The van der Waals surface area contributed by atoms with Crippen molar-refractivity contribution in [2.24, 2.45) is 5.73 Å². The number of nitro groups is 1. The molecule has 0 unspecified atom stereocenters. The average molecular weight is 305 g/mol. The molecule has 1 atom stereocenters. The lowest BCUT2D eigenvalue weighted by atomic mass is 10.1. The smallest absolute Gasteiger partial charge is 0.322 e. The van der Waals surface area contributed by atoms with Gasteiger partial charge in [0.05, 0.1) is 13.1 Å². The Bertz CT molecular complexity index is 388. The van der Waals surface area contributed by atoms with Crippen molar-refractivity contribution >= 4 is 17.8 Å². The zero-order chi connectivity index (χ0) is 16.3. The monoisotopic (exact) mass is 305 g/mol. The van der Waals surface area contributed by atoms with Crippen molar-refractivity contribution in [3.8, 4) is 0 Å². The standard InChI is InChI=1S/C10H19N5O6/c11-5-8(16)14-7(10(19)12-6-9(17)18)3-1-2-4-13-15(20)21/h7,13H,1-6,11H2,(H,12,19)(H,14,16)(H,17,18)/t7-/m0/s1. The van der Waals surface area contributed by atoms with Crippen molar-refractivity contribution in [2.75, 3.05) is 19.6 Å². The number of carbonyl (C=O) groups excluding carboxylic acids is 2. The summed E-state index contributed by atoms with van der Waals surface area (Å²) >= 11 is 0. The Morgan fingerprint density at radius 2 is 1.95 bits per heavy atom. The van der Waals surface area contributed by atoms with Gasteiger partial charge in [0.15, 0.2) is 5.03 Å². The van der Waals surface area contributed by atoms with Crippen molar-refractivity contribution in [1.82, 2.24) is 16.1 Å². The lowest BCUT2D eigenvalue weighted by Gasteiger charge is -2.17. The fraction of sp³-hybridized carbons (Fsp3) is 0.700. The number of hydrogen-bond donors (Lipinski definition) is 5.